The number of benzene rings is 1. The fourth-order valence-corrected chi connectivity index (χ4v) is 4.12. The molecule has 28 heavy (non-hydrogen) atoms. The van der Waals surface area contributed by atoms with Gasteiger partial charge in [-0.3, -0.25) is 4.99 Å². The van der Waals surface area contributed by atoms with Gasteiger partial charge in [-0.15, -0.1) is 35.3 Å². The van der Waals surface area contributed by atoms with Gasteiger partial charge in [0.15, 0.2) is 5.96 Å². The summed E-state index contributed by atoms with van der Waals surface area (Å²) in [5.41, 5.74) is 2.57. The van der Waals surface area contributed by atoms with Gasteiger partial charge in [0.2, 0.25) is 0 Å². The van der Waals surface area contributed by atoms with E-state index in [4.69, 9.17) is 16.3 Å². The third-order valence-electron chi connectivity index (χ3n) is 5.14. The van der Waals surface area contributed by atoms with Gasteiger partial charge < -0.3 is 15.0 Å². The first-order valence-electron chi connectivity index (χ1n) is 9.12. The van der Waals surface area contributed by atoms with Crippen LogP contribution in [-0.2, 0) is 16.7 Å². The van der Waals surface area contributed by atoms with Crippen molar-refractivity contribution in [3.05, 3.63) is 50.9 Å². The second kappa shape index (κ2) is 10.2. The highest BCUT2D eigenvalue weighted by atomic mass is 127. The standard InChI is InChI=1S/C20H27ClN4OS.HI/c1-14(26-4)18-24-17(12-27-18)11-25(3)19(22-2)23-13-20(9-10-20)15-5-7-16(21)8-6-15;/h5-8,12,14H,9-11,13H2,1-4H3,(H,22,23);1H. The number of hydrogen-bond acceptors (Lipinski definition) is 4. The van der Waals surface area contributed by atoms with Crippen molar-refractivity contribution in [2.75, 3.05) is 27.7 Å². The van der Waals surface area contributed by atoms with E-state index in [-0.39, 0.29) is 35.5 Å². The monoisotopic (exact) mass is 534 g/mol. The fourth-order valence-electron chi connectivity index (χ4n) is 3.16. The Bertz CT molecular complexity index is 792. The van der Waals surface area contributed by atoms with E-state index in [1.54, 1.807) is 18.4 Å². The van der Waals surface area contributed by atoms with E-state index in [1.807, 2.05) is 33.2 Å². The fraction of sp³-hybridized carbons (Fsp3) is 0.500. The number of nitrogens with zero attached hydrogens (tertiary/aromatic N) is 3. The molecule has 1 atom stereocenters. The Labute approximate surface area is 193 Å². The predicted octanol–water partition coefficient (Wildman–Crippen LogP) is 4.86. The minimum absolute atomic E-state index is 0. The van der Waals surface area contributed by atoms with Crippen LogP contribution in [-0.4, -0.2) is 43.6 Å². The van der Waals surface area contributed by atoms with Crippen molar-refractivity contribution in [3.63, 3.8) is 0 Å². The lowest BCUT2D eigenvalue weighted by Crippen LogP contribution is -2.42. The van der Waals surface area contributed by atoms with Gasteiger partial charge in [-0.25, -0.2) is 4.98 Å². The second-order valence-electron chi connectivity index (χ2n) is 7.10. The van der Waals surface area contributed by atoms with Crippen LogP contribution in [0.1, 0.15) is 42.1 Å². The van der Waals surface area contributed by atoms with E-state index < -0.39 is 0 Å². The summed E-state index contributed by atoms with van der Waals surface area (Å²) in [7, 11) is 5.56. The number of ether oxygens (including phenoxy) is 1. The molecule has 0 amide bonds. The first-order chi connectivity index (χ1) is 13.0. The number of aromatic nitrogens is 1. The highest BCUT2D eigenvalue weighted by Crippen LogP contribution is 2.47. The number of guanidine groups is 1. The van der Waals surface area contributed by atoms with Crippen LogP contribution in [0.3, 0.4) is 0 Å². The molecule has 0 aliphatic heterocycles. The third kappa shape index (κ3) is 5.58. The van der Waals surface area contributed by atoms with Crippen molar-refractivity contribution < 1.29 is 4.74 Å². The van der Waals surface area contributed by atoms with Crippen LogP contribution >= 0.6 is 46.9 Å². The Morgan fingerprint density at radius 1 is 1.39 bits per heavy atom. The number of halogens is 2. The number of thiazole rings is 1. The zero-order valence-electron chi connectivity index (χ0n) is 16.7. The molecule has 1 fully saturated rings. The van der Waals surface area contributed by atoms with E-state index in [2.05, 4.69) is 37.7 Å². The largest absolute Gasteiger partial charge is 0.375 e. The predicted molar refractivity (Wildman–Crippen MR) is 128 cm³/mol. The highest BCUT2D eigenvalue weighted by Gasteiger charge is 2.44. The van der Waals surface area contributed by atoms with Crippen molar-refractivity contribution in [3.8, 4) is 0 Å². The van der Waals surface area contributed by atoms with Gasteiger partial charge in [-0.1, -0.05) is 23.7 Å². The van der Waals surface area contributed by atoms with Gasteiger partial charge in [-0.05, 0) is 37.5 Å². The molecule has 0 spiro atoms. The van der Waals surface area contributed by atoms with Gasteiger partial charge in [0.25, 0.3) is 0 Å². The van der Waals surface area contributed by atoms with Crippen molar-refractivity contribution in [1.29, 1.82) is 0 Å². The SMILES string of the molecule is CN=C(NCC1(c2ccc(Cl)cc2)CC1)N(C)Cc1csc(C(C)OC)n1.I. The smallest absolute Gasteiger partial charge is 0.193 e. The first-order valence-corrected chi connectivity index (χ1v) is 10.4. The van der Waals surface area contributed by atoms with Crippen LogP contribution in [0.4, 0.5) is 0 Å². The van der Waals surface area contributed by atoms with Crippen LogP contribution in [0, 0.1) is 0 Å². The maximum absolute atomic E-state index is 6.03. The van der Waals surface area contributed by atoms with Crippen LogP contribution in [0.15, 0.2) is 34.6 Å². The summed E-state index contributed by atoms with van der Waals surface area (Å²) in [4.78, 5) is 11.2. The molecule has 1 aliphatic rings. The molecule has 1 heterocycles. The lowest BCUT2D eigenvalue weighted by atomic mass is 9.96. The normalized spacial score (nSPS) is 16.2. The van der Waals surface area contributed by atoms with Crippen molar-refractivity contribution >= 4 is 52.9 Å². The Morgan fingerprint density at radius 2 is 2.07 bits per heavy atom. The maximum atomic E-state index is 6.03. The summed E-state index contributed by atoms with van der Waals surface area (Å²) < 4.78 is 5.35. The second-order valence-corrected chi connectivity index (χ2v) is 8.43. The zero-order chi connectivity index (χ0) is 19.4. The summed E-state index contributed by atoms with van der Waals surface area (Å²) in [6, 6.07) is 8.21. The number of aliphatic imine (C=N–C) groups is 1. The van der Waals surface area contributed by atoms with Gasteiger partial charge in [0.1, 0.15) is 11.1 Å². The summed E-state index contributed by atoms with van der Waals surface area (Å²) in [5.74, 6) is 0.879. The number of hydrogen-bond donors (Lipinski definition) is 1. The molecule has 1 N–H and O–H groups in total. The van der Waals surface area contributed by atoms with E-state index >= 15 is 0 Å². The van der Waals surface area contributed by atoms with E-state index in [0.717, 1.165) is 28.2 Å². The first kappa shape index (κ1) is 23.4. The molecule has 8 heteroatoms. The van der Waals surface area contributed by atoms with Gasteiger partial charge in [-0.2, -0.15) is 0 Å². The minimum atomic E-state index is 0. The average Bonchev–Trinajstić information content (AvgIpc) is 3.32. The molecule has 1 saturated carbocycles. The van der Waals surface area contributed by atoms with Crippen molar-refractivity contribution in [2.45, 2.75) is 37.8 Å². The summed E-state index contributed by atoms with van der Waals surface area (Å²) in [5, 5.41) is 7.41. The molecule has 5 nitrogen and oxygen atoms in total. The summed E-state index contributed by atoms with van der Waals surface area (Å²) in [6.07, 6.45) is 2.40. The van der Waals surface area contributed by atoms with Crippen LogP contribution in [0.2, 0.25) is 5.02 Å². The Balaban J connectivity index is 0.00000280. The molecule has 1 aromatic heterocycles. The maximum Gasteiger partial charge on any atom is 0.193 e. The average molecular weight is 535 g/mol. The molecule has 1 aromatic carbocycles. The lowest BCUT2D eigenvalue weighted by Gasteiger charge is -2.24. The van der Waals surface area contributed by atoms with Gasteiger partial charge in [0.05, 0.1) is 12.2 Å². The zero-order valence-corrected chi connectivity index (χ0v) is 20.6. The van der Waals surface area contributed by atoms with Gasteiger partial charge in [0, 0.05) is 43.6 Å². The molecule has 154 valence electrons. The Hall–Kier alpha value is -0.900. The Morgan fingerprint density at radius 3 is 2.64 bits per heavy atom. The van der Waals surface area contributed by atoms with E-state index in [0.29, 0.717) is 6.54 Å². The molecular formula is C20H28ClIN4OS. The highest BCUT2D eigenvalue weighted by molar-refractivity contribution is 14.0. The minimum Gasteiger partial charge on any atom is -0.375 e. The van der Waals surface area contributed by atoms with Crippen molar-refractivity contribution in [1.82, 2.24) is 15.2 Å². The molecule has 3 rings (SSSR count). The number of methoxy groups -OCH3 is 1. The van der Waals surface area contributed by atoms with Crippen LogP contribution in [0.5, 0.6) is 0 Å². The molecule has 0 radical (unpaired) electrons. The molecule has 0 saturated heterocycles. The lowest BCUT2D eigenvalue weighted by molar-refractivity contribution is 0.119. The van der Waals surface area contributed by atoms with Gasteiger partial charge >= 0.3 is 0 Å². The quantitative estimate of drug-likeness (QED) is 0.313. The van der Waals surface area contributed by atoms with E-state index in [9.17, 15) is 0 Å². The molecule has 1 aliphatic carbocycles. The Kier molecular flexibility index (Phi) is 8.54. The number of nitrogens with one attached hydrogen (secondary N) is 1. The van der Waals surface area contributed by atoms with E-state index in [1.165, 1.54) is 18.4 Å². The summed E-state index contributed by atoms with van der Waals surface area (Å²) in [6.45, 7) is 3.59. The van der Waals surface area contributed by atoms with Crippen LogP contribution in [0.25, 0.3) is 0 Å². The molecule has 1 unspecified atom stereocenters. The molecule has 0 bridgehead atoms. The van der Waals surface area contributed by atoms with Crippen molar-refractivity contribution in [2.24, 2.45) is 4.99 Å². The molecule has 2 aromatic rings. The van der Waals surface area contributed by atoms with Crippen LogP contribution < -0.4 is 5.32 Å². The third-order valence-corrected chi connectivity index (χ3v) is 6.45. The topological polar surface area (TPSA) is 49.8 Å². The summed E-state index contributed by atoms with van der Waals surface area (Å²) >= 11 is 7.66. The molecular weight excluding hydrogens is 507 g/mol. The number of rotatable bonds is 7.